The number of benzene rings is 1. The minimum absolute atomic E-state index is 0.0332. The van der Waals surface area contributed by atoms with Crippen LogP contribution in [0.3, 0.4) is 0 Å². The van der Waals surface area contributed by atoms with Crippen LogP contribution in [0.2, 0.25) is 0 Å². The molecule has 0 bridgehead atoms. The molecule has 2 aliphatic rings. The fourth-order valence-corrected chi connectivity index (χ4v) is 3.30. The first kappa shape index (κ1) is 14.4. The van der Waals surface area contributed by atoms with E-state index in [1.807, 2.05) is 6.07 Å². The lowest BCUT2D eigenvalue weighted by atomic mass is 10.0. The standard InChI is InChI=1S/C17H25N3O/c21-17(16-8-4-5-11-18-16)19-14-9-12-20(13-10-14)15-6-2-1-3-7-15/h1-3,6-7,14,16,18H,4-5,8-13H2,(H,19,21)/t16-/m1/s1. The Balaban J connectivity index is 1.46. The fourth-order valence-electron chi connectivity index (χ4n) is 3.30. The van der Waals surface area contributed by atoms with Crippen molar-refractivity contribution in [3.8, 4) is 0 Å². The lowest BCUT2D eigenvalue weighted by molar-refractivity contribution is -0.124. The highest BCUT2D eigenvalue weighted by Crippen LogP contribution is 2.19. The van der Waals surface area contributed by atoms with E-state index in [4.69, 9.17) is 0 Å². The van der Waals surface area contributed by atoms with E-state index < -0.39 is 0 Å². The number of hydrogen-bond acceptors (Lipinski definition) is 3. The summed E-state index contributed by atoms with van der Waals surface area (Å²) in [5.74, 6) is 0.202. The molecule has 1 atom stereocenters. The number of carbonyl (C=O) groups excluding carboxylic acids is 1. The number of piperidine rings is 2. The van der Waals surface area contributed by atoms with E-state index in [1.165, 1.54) is 12.1 Å². The van der Waals surface area contributed by atoms with Gasteiger partial charge in [-0.15, -0.1) is 0 Å². The van der Waals surface area contributed by atoms with Gasteiger partial charge in [0.05, 0.1) is 6.04 Å². The van der Waals surface area contributed by atoms with E-state index in [0.29, 0.717) is 6.04 Å². The summed E-state index contributed by atoms with van der Waals surface area (Å²) in [7, 11) is 0. The molecule has 2 fully saturated rings. The molecule has 2 heterocycles. The maximum absolute atomic E-state index is 12.2. The molecule has 114 valence electrons. The van der Waals surface area contributed by atoms with Crippen molar-refractivity contribution in [3.63, 3.8) is 0 Å². The van der Waals surface area contributed by atoms with Crippen LogP contribution in [0.5, 0.6) is 0 Å². The molecule has 1 aromatic carbocycles. The smallest absolute Gasteiger partial charge is 0.237 e. The Labute approximate surface area is 126 Å². The molecule has 0 radical (unpaired) electrons. The second-order valence-electron chi connectivity index (χ2n) is 6.11. The summed E-state index contributed by atoms with van der Waals surface area (Å²) >= 11 is 0. The van der Waals surface area contributed by atoms with Gasteiger partial charge in [0.1, 0.15) is 0 Å². The summed E-state index contributed by atoms with van der Waals surface area (Å²) in [6, 6.07) is 10.9. The SMILES string of the molecule is O=C(NC1CCN(c2ccccc2)CC1)[C@H]1CCCCN1. The number of para-hydroxylation sites is 1. The molecular weight excluding hydrogens is 262 g/mol. The maximum Gasteiger partial charge on any atom is 0.237 e. The zero-order valence-electron chi connectivity index (χ0n) is 12.6. The Morgan fingerprint density at radius 3 is 2.52 bits per heavy atom. The Hall–Kier alpha value is -1.55. The summed E-state index contributed by atoms with van der Waals surface area (Å²) < 4.78 is 0. The van der Waals surface area contributed by atoms with Crippen molar-refractivity contribution in [2.75, 3.05) is 24.5 Å². The van der Waals surface area contributed by atoms with Gasteiger partial charge in [-0.1, -0.05) is 24.6 Å². The van der Waals surface area contributed by atoms with Gasteiger partial charge < -0.3 is 15.5 Å². The third-order valence-electron chi connectivity index (χ3n) is 4.59. The minimum atomic E-state index is 0.0332. The Morgan fingerprint density at radius 1 is 1.10 bits per heavy atom. The molecular formula is C17H25N3O. The number of rotatable bonds is 3. The molecule has 2 N–H and O–H groups in total. The number of amides is 1. The molecule has 4 nitrogen and oxygen atoms in total. The zero-order chi connectivity index (χ0) is 14.5. The molecule has 0 unspecified atom stereocenters. The lowest BCUT2D eigenvalue weighted by Crippen LogP contribution is -2.52. The first-order chi connectivity index (χ1) is 10.3. The van der Waals surface area contributed by atoms with Crippen LogP contribution in [0.4, 0.5) is 5.69 Å². The van der Waals surface area contributed by atoms with E-state index in [9.17, 15) is 4.79 Å². The molecule has 0 saturated carbocycles. The molecule has 2 aliphatic heterocycles. The van der Waals surface area contributed by atoms with Gasteiger partial charge in [0, 0.05) is 24.8 Å². The van der Waals surface area contributed by atoms with E-state index in [2.05, 4.69) is 39.8 Å². The van der Waals surface area contributed by atoms with E-state index in [1.54, 1.807) is 0 Å². The predicted molar refractivity (Wildman–Crippen MR) is 85.5 cm³/mol. The molecule has 0 aromatic heterocycles. The van der Waals surface area contributed by atoms with Gasteiger partial charge >= 0.3 is 0 Å². The maximum atomic E-state index is 12.2. The van der Waals surface area contributed by atoms with Crippen molar-refractivity contribution >= 4 is 11.6 Å². The Morgan fingerprint density at radius 2 is 1.86 bits per heavy atom. The predicted octanol–water partition coefficient (Wildman–Crippen LogP) is 1.91. The molecule has 2 saturated heterocycles. The van der Waals surface area contributed by atoms with Crippen molar-refractivity contribution in [1.29, 1.82) is 0 Å². The molecule has 3 rings (SSSR count). The van der Waals surface area contributed by atoms with Crippen molar-refractivity contribution < 1.29 is 4.79 Å². The van der Waals surface area contributed by atoms with E-state index in [0.717, 1.165) is 45.3 Å². The zero-order valence-corrected chi connectivity index (χ0v) is 12.6. The minimum Gasteiger partial charge on any atom is -0.371 e. The van der Waals surface area contributed by atoms with Crippen molar-refractivity contribution in [2.24, 2.45) is 0 Å². The van der Waals surface area contributed by atoms with Gasteiger partial charge in [-0.3, -0.25) is 4.79 Å². The highest BCUT2D eigenvalue weighted by Gasteiger charge is 2.25. The average Bonchev–Trinajstić information content (AvgIpc) is 2.57. The monoisotopic (exact) mass is 287 g/mol. The van der Waals surface area contributed by atoms with Crippen molar-refractivity contribution in [3.05, 3.63) is 30.3 Å². The second kappa shape index (κ2) is 6.94. The summed E-state index contributed by atoms with van der Waals surface area (Å²) in [6.45, 7) is 3.02. The number of nitrogens with zero attached hydrogens (tertiary/aromatic N) is 1. The van der Waals surface area contributed by atoms with Gasteiger partial charge in [-0.2, -0.15) is 0 Å². The largest absolute Gasteiger partial charge is 0.371 e. The third-order valence-corrected chi connectivity index (χ3v) is 4.59. The first-order valence-corrected chi connectivity index (χ1v) is 8.17. The number of nitrogens with one attached hydrogen (secondary N) is 2. The number of anilines is 1. The van der Waals surface area contributed by atoms with Crippen molar-refractivity contribution in [1.82, 2.24) is 10.6 Å². The molecule has 1 aromatic rings. The first-order valence-electron chi connectivity index (χ1n) is 8.17. The fraction of sp³-hybridized carbons (Fsp3) is 0.588. The van der Waals surface area contributed by atoms with Gasteiger partial charge in [0.15, 0.2) is 0 Å². The van der Waals surface area contributed by atoms with Crippen LogP contribution in [0.25, 0.3) is 0 Å². The molecule has 4 heteroatoms. The summed E-state index contributed by atoms with van der Waals surface area (Å²) in [6.07, 6.45) is 5.41. The molecule has 0 aliphatic carbocycles. The van der Waals surface area contributed by atoms with Crippen LogP contribution < -0.4 is 15.5 Å². The van der Waals surface area contributed by atoms with Crippen molar-refractivity contribution in [2.45, 2.75) is 44.2 Å². The van der Waals surface area contributed by atoms with E-state index in [-0.39, 0.29) is 11.9 Å². The van der Waals surface area contributed by atoms with Gasteiger partial charge in [0.2, 0.25) is 5.91 Å². The molecule has 21 heavy (non-hydrogen) atoms. The Bertz CT molecular complexity index is 448. The summed E-state index contributed by atoms with van der Waals surface area (Å²) in [5.41, 5.74) is 1.29. The van der Waals surface area contributed by atoms with Gasteiger partial charge in [-0.25, -0.2) is 0 Å². The van der Waals surface area contributed by atoms with Gasteiger partial charge in [-0.05, 0) is 44.4 Å². The lowest BCUT2D eigenvalue weighted by Gasteiger charge is -2.35. The Kier molecular flexibility index (Phi) is 4.76. The van der Waals surface area contributed by atoms with Gasteiger partial charge in [0.25, 0.3) is 0 Å². The van der Waals surface area contributed by atoms with Crippen LogP contribution in [0.15, 0.2) is 30.3 Å². The normalized spacial score (nSPS) is 23.8. The average molecular weight is 287 g/mol. The summed E-state index contributed by atoms with van der Waals surface area (Å²) in [4.78, 5) is 14.6. The quantitative estimate of drug-likeness (QED) is 0.892. The van der Waals surface area contributed by atoms with Crippen LogP contribution in [-0.2, 0) is 4.79 Å². The molecule has 1 amide bonds. The van der Waals surface area contributed by atoms with Crippen LogP contribution in [0, 0.1) is 0 Å². The molecule has 0 spiro atoms. The van der Waals surface area contributed by atoms with Crippen LogP contribution >= 0.6 is 0 Å². The topological polar surface area (TPSA) is 44.4 Å². The van der Waals surface area contributed by atoms with Crippen LogP contribution in [-0.4, -0.2) is 37.6 Å². The van der Waals surface area contributed by atoms with E-state index >= 15 is 0 Å². The summed E-state index contributed by atoms with van der Waals surface area (Å²) in [5, 5.41) is 6.55. The third kappa shape index (κ3) is 3.76. The van der Waals surface area contributed by atoms with Crippen LogP contribution in [0.1, 0.15) is 32.1 Å². The highest BCUT2D eigenvalue weighted by atomic mass is 16.2. The highest BCUT2D eigenvalue weighted by molar-refractivity contribution is 5.82. The number of carbonyl (C=O) groups is 1. The second-order valence-corrected chi connectivity index (χ2v) is 6.11. The number of hydrogen-bond donors (Lipinski definition) is 2.